The summed E-state index contributed by atoms with van der Waals surface area (Å²) in [7, 11) is 0. The molecule has 3 heteroatoms. The molecule has 2 heterocycles. The van der Waals surface area contributed by atoms with E-state index in [-0.39, 0.29) is 5.92 Å². The molecule has 4 atom stereocenters. The van der Waals surface area contributed by atoms with Gasteiger partial charge in [-0.2, -0.15) is 0 Å². The first-order chi connectivity index (χ1) is 10.7. The smallest absolute Gasteiger partial charge is 0.222 e. The molecule has 2 saturated heterocycles. The number of carbonyl (C=O) groups excluding carboxylic acids is 2. The first-order valence-electron chi connectivity index (χ1n) is 8.60. The third-order valence-electron chi connectivity index (χ3n) is 5.96. The third kappa shape index (κ3) is 2.27. The number of hydrogen-bond donors (Lipinski definition) is 0. The minimum absolute atomic E-state index is 0.107. The normalized spacial score (nSPS) is 34.5. The molecule has 3 aliphatic rings. The first-order valence-corrected chi connectivity index (χ1v) is 8.60. The van der Waals surface area contributed by atoms with Gasteiger partial charge in [0.05, 0.1) is 0 Å². The van der Waals surface area contributed by atoms with Gasteiger partial charge in [-0.1, -0.05) is 30.3 Å². The highest BCUT2D eigenvalue weighted by atomic mass is 16.2. The van der Waals surface area contributed by atoms with E-state index in [1.807, 2.05) is 18.2 Å². The fourth-order valence-electron chi connectivity index (χ4n) is 5.00. The molecule has 1 aromatic carbocycles. The summed E-state index contributed by atoms with van der Waals surface area (Å²) >= 11 is 0. The van der Waals surface area contributed by atoms with E-state index in [1.54, 1.807) is 0 Å². The topological polar surface area (TPSA) is 37.4 Å². The zero-order chi connectivity index (χ0) is 15.1. The Labute approximate surface area is 131 Å². The lowest BCUT2D eigenvalue weighted by molar-refractivity contribution is -0.137. The van der Waals surface area contributed by atoms with Gasteiger partial charge >= 0.3 is 0 Å². The van der Waals surface area contributed by atoms with Crippen LogP contribution >= 0.6 is 0 Å². The van der Waals surface area contributed by atoms with E-state index < -0.39 is 0 Å². The third-order valence-corrected chi connectivity index (χ3v) is 5.96. The summed E-state index contributed by atoms with van der Waals surface area (Å²) in [5.41, 5.74) is 1.25. The van der Waals surface area contributed by atoms with Gasteiger partial charge < -0.3 is 4.90 Å². The quantitative estimate of drug-likeness (QED) is 0.842. The van der Waals surface area contributed by atoms with Crippen LogP contribution in [0.1, 0.15) is 37.7 Å². The van der Waals surface area contributed by atoms with Gasteiger partial charge in [-0.05, 0) is 43.1 Å². The van der Waals surface area contributed by atoms with Crippen LogP contribution in [0.25, 0.3) is 0 Å². The van der Waals surface area contributed by atoms with E-state index in [0.717, 1.165) is 32.2 Å². The van der Waals surface area contributed by atoms with E-state index >= 15 is 0 Å². The molecule has 0 bridgehead atoms. The second kappa shape index (κ2) is 5.53. The summed E-state index contributed by atoms with van der Waals surface area (Å²) < 4.78 is 0. The van der Waals surface area contributed by atoms with Crippen molar-refractivity contribution in [2.24, 2.45) is 17.8 Å². The molecule has 0 radical (unpaired) electrons. The van der Waals surface area contributed by atoms with Crippen LogP contribution in [0.4, 0.5) is 0 Å². The Bertz CT molecular complexity index is 582. The fraction of sp³-hybridized carbons (Fsp3) is 0.579. The van der Waals surface area contributed by atoms with Crippen LogP contribution in [0.3, 0.4) is 0 Å². The summed E-state index contributed by atoms with van der Waals surface area (Å²) in [6, 6.07) is 10.7. The second-order valence-electron chi connectivity index (χ2n) is 7.15. The first kappa shape index (κ1) is 14.0. The number of rotatable bonds is 2. The molecule has 4 rings (SSSR count). The predicted octanol–water partition coefficient (Wildman–Crippen LogP) is 2.84. The predicted molar refractivity (Wildman–Crippen MR) is 84.2 cm³/mol. The highest BCUT2D eigenvalue weighted by Gasteiger charge is 2.51. The largest absolute Gasteiger partial charge is 0.339 e. The van der Waals surface area contributed by atoms with Crippen molar-refractivity contribution >= 4 is 11.7 Å². The van der Waals surface area contributed by atoms with Gasteiger partial charge in [-0.3, -0.25) is 9.59 Å². The molecule has 0 aromatic heterocycles. The Hall–Kier alpha value is -1.64. The highest BCUT2D eigenvalue weighted by molar-refractivity contribution is 5.84. The molecule has 2 aliphatic heterocycles. The minimum Gasteiger partial charge on any atom is -0.339 e. The van der Waals surface area contributed by atoms with E-state index in [1.165, 1.54) is 5.56 Å². The molecule has 22 heavy (non-hydrogen) atoms. The van der Waals surface area contributed by atoms with E-state index in [4.69, 9.17) is 0 Å². The molecule has 1 saturated carbocycles. The molecular formula is C19H23NO2. The van der Waals surface area contributed by atoms with Crippen LogP contribution in [-0.2, 0) is 16.0 Å². The highest BCUT2D eigenvalue weighted by Crippen LogP contribution is 2.45. The maximum atomic E-state index is 12.7. The summed E-state index contributed by atoms with van der Waals surface area (Å²) in [6.07, 6.45) is 5.20. The number of hydrogen-bond acceptors (Lipinski definition) is 2. The van der Waals surface area contributed by atoms with Crippen molar-refractivity contribution in [2.45, 2.75) is 44.6 Å². The minimum atomic E-state index is 0.107. The van der Waals surface area contributed by atoms with Crippen molar-refractivity contribution in [1.29, 1.82) is 0 Å². The van der Waals surface area contributed by atoms with Crippen molar-refractivity contribution in [2.75, 3.05) is 6.54 Å². The van der Waals surface area contributed by atoms with Crippen LogP contribution in [-0.4, -0.2) is 29.2 Å². The molecular weight excluding hydrogens is 274 g/mol. The van der Waals surface area contributed by atoms with Gasteiger partial charge in [-0.15, -0.1) is 0 Å². The van der Waals surface area contributed by atoms with Crippen molar-refractivity contribution < 1.29 is 9.59 Å². The van der Waals surface area contributed by atoms with Crippen molar-refractivity contribution in [3.8, 4) is 0 Å². The molecule has 0 spiro atoms. The van der Waals surface area contributed by atoms with Crippen molar-refractivity contribution in [1.82, 2.24) is 4.90 Å². The number of ketones is 1. The fourth-order valence-corrected chi connectivity index (χ4v) is 5.00. The SMILES string of the molecule is O=C1C[C@@H]2CCN3C(=O)CCC[C@@H]([C@H]23)[C@H]1Cc1ccccc1. The van der Waals surface area contributed by atoms with E-state index in [9.17, 15) is 9.59 Å². The molecule has 0 N–H and O–H groups in total. The zero-order valence-electron chi connectivity index (χ0n) is 12.9. The zero-order valence-corrected chi connectivity index (χ0v) is 12.9. The summed E-state index contributed by atoms with van der Waals surface area (Å²) in [6.45, 7) is 0.871. The molecule has 1 amide bonds. The molecule has 3 fully saturated rings. The monoisotopic (exact) mass is 297 g/mol. The van der Waals surface area contributed by atoms with Gasteiger partial charge in [0, 0.05) is 31.3 Å². The Morgan fingerprint density at radius 3 is 2.73 bits per heavy atom. The Morgan fingerprint density at radius 2 is 1.91 bits per heavy atom. The molecule has 3 nitrogen and oxygen atoms in total. The summed E-state index contributed by atoms with van der Waals surface area (Å²) in [5, 5.41) is 0. The lowest BCUT2D eigenvalue weighted by atomic mass is 9.67. The van der Waals surface area contributed by atoms with Crippen LogP contribution in [0.5, 0.6) is 0 Å². The van der Waals surface area contributed by atoms with Gasteiger partial charge in [-0.25, -0.2) is 0 Å². The van der Waals surface area contributed by atoms with Crippen LogP contribution < -0.4 is 0 Å². The van der Waals surface area contributed by atoms with Gasteiger partial charge in [0.15, 0.2) is 0 Å². The molecule has 0 unspecified atom stereocenters. The standard InChI is InChI=1S/C19H23NO2/c21-17-12-14-9-10-20-18(22)8-4-7-15(19(14)20)16(17)11-13-5-2-1-3-6-13/h1-3,5-6,14-16,19H,4,7-12H2/t14-,15+,16+,19-/m0/s1. The maximum Gasteiger partial charge on any atom is 0.222 e. The molecule has 1 aromatic rings. The Kier molecular flexibility index (Phi) is 3.51. The van der Waals surface area contributed by atoms with Crippen LogP contribution in [0, 0.1) is 17.8 Å². The Morgan fingerprint density at radius 1 is 1.09 bits per heavy atom. The number of nitrogens with zero attached hydrogens (tertiary/aromatic N) is 1. The van der Waals surface area contributed by atoms with Crippen molar-refractivity contribution in [3.63, 3.8) is 0 Å². The molecule has 1 aliphatic carbocycles. The lowest BCUT2D eigenvalue weighted by Gasteiger charge is -2.41. The maximum absolute atomic E-state index is 12.7. The number of amides is 1. The average Bonchev–Trinajstić information content (AvgIpc) is 2.86. The van der Waals surface area contributed by atoms with E-state index in [0.29, 0.717) is 42.4 Å². The molecule has 116 valence electrons. The van der Waals surface area contributed by atoms with Gasteiger partial charge in [0.25, 0.3) is 0 Å². The van der Waals surface area contributed by atoms with Crippen molar-refractivity contribution in [3.05, 3.63) is 35.9 Å². The average molecular weight is 297 g/mol. The van der Waals surface area contributed by atoms with Crippen LogP contribution in [0.15, 0.2) is 30.3 Å². The summed E-state index contributed by atoms with van der Waals surface area (Å²) in [4.78, 5) is 27.2. The second-order valence-corrected chi connectivity index (χ2v) is 7.15. The van der Waals surface area contributed by atoms with Crippen LogP contribution in [0.2, 0.25) is 0 Å². The Balaban J connectivity index is 1.64. The van der Waals surface area contributed by atoms with E-state index in [2.05, 4.69) is 17.0 Å². The lowest BCUT2D eigenvalue weighted by Crippen LogP contribution is -2.49. The van der Waals surface area contributed by atoms with Gasteiger partial charge in [0.2, 0.25) is 5.91 Å². The number of benzene rings is 1. The summed E-state index contributed by atoms with van der Waals surface area (Å²) in [5.74, 6) is 1.66. The van der Waals surface area contributed by atoms with Gasteiger partial charge in [0.1, 0.15) is 5.78 Å². The number of carbonyl (C=O) groups is 2. The number of Topliss-reactive ketones (excluding diaryl/α,β-unsaturated/α-hetero) is 1.